The minimum Gasteiger partial charge on any atom is -0.454 e. The lowest BCUT2D eigenvalue weighted by Gasteiger charge is -2.34. The van der Waals surface area contributed by atoms with E-state index in [1.54, 1.807) is 0 Å². The number of hydrogen-bond donors (Lipinski definition) is 1. The van der Waals surface area contributed by atoms with Gasteiger partial charge in [0.25, 0.3) is 0 Å². The van der Waals surface area contributed by atoms with Crippen LogP contribution in [0.25, 0.3) is 0 Å². The lowest BCUT2D eigenvalue weighted by Crippen LogP contribution is -2.38. The van der Waals surface area contributed by atoms with Gasteiger partial charge < -0.3 is 15.2 Å². The van der Waals surface area contributed by atoms with Crippen LogP contribution >= 0.6 is 0 Å². The van der Waals surface area contributed by atoms with E-state index in [0.29, 0.717) is 25.2 Å². The topological polar surface area (TPSA) is 47.7 Å². The average molecular weight is 292 g/mol. The highest BCUT2D eigenvalue weighted by Crippen LogP contribution is 2.35. The fourth-order valence-corrected chi connectivity index (χ4v) is 2.88. The minimum atomic E-state index is 0.226. The van der Waals surface area contributed by atoms with E-state index < -0.39 is 0 Å². The van der Waals surface area contributed by atoms with Gasteiger partial charge in [-0.15, -0.1) is 0 Å². The molecule has 1 heterocycles. The summed E-state index contributed by atoms with van der Waals surface area (Å²) in [5, 5.41) is 0. The summed E-state index contributed by atoms with van der Waals surface area (Å²) in [6.45, 7) is 12.0. The molecule has 0 aromatic heterocycles. The van der Waals surface area contributed by atoms with Crippen LogP contribution < -0.4 is 15.2 Å². The summed E-state index contributed by atoms with van der Waals surface area (Å²) < 4.78 is 10.9. The number of rotatable bonds is 7. The van der Waals surface area contributed by atoms with E-state index in [1.165, 1.54) is 5.56 Å². The lowest BCUT2D eigenvalue weighted by molar-refractivity contribution is 0.159. The van der Waals surface area contributed by atoms with Crippen molar-refractivity contribution in [2.75, 3.05) is 26.4 Å². The van der Waals surface area contributed by atoms with Gasteiger partial charge in [-0.3, -0.25) is 4.90 Å². The number of ether oxygens (including phenoxy) is 2. The van der Waals surface area contributed by atoms with Crippen molar-refractivity contribution >= 4 is 0 Å². The Labute approximate surface area is 128 Å². The number of benzene rings is 1. The zero-order valence-corrected chi connectivity index (χ0v) is 13.6. The highest BCUT2D eigenvalue weighted by molar-refractivity contribution is 5.45. The van der Waals surface area contributed by atoms with E-state index in [1.807, 2.05) is 6.07 Å². The summed E-state index contributed by atoms with van der Waals surface area (Å²) in [6.07, 6.45) is 0. The molecule has 0 saturated heterocycles. The molecule has 4 nitrogen and oxygen atoms in total. The highest BCUT2D eigenvalue weighted by atomic mass is 16.7. The van der Waals surface area contributed by atoms with Crippen LogP contribution in [-0.2, 0) is 0 Å². The second-order valence-electron chi connectivity index (χ2n) is 6.61. The maximum atomic E-state index is 6.09. The third-order valence-electron chi connectivity index (χ3n) is 3.64. The van der Waals surface area contributed by atoms with Gasteiger partial charge in [-0.1, -0.05) is 33.8 Å². The van der Waals surface area contributed by atoms with E-state index in [-0.39, 0.29) is 6.04 Å². The van der Waals surface area contributed by atoms with E-state index >= 15 is 0 Å². The predicted molar refractivity (Wildman–Crippen MR) is 85.6 cm³/mol. The van der Waals surface area contributed by atoms with Crippen molar-refractivity contribution in [3.63, 3.8) is 0 Å². The van der Waals surface area contributed by atoms with Crippen molar-refractivity contribution in [2.45, 2.75) is 33.7 Å². The molecule has 0 amide bonds. The Morgan fingerprint density at radius 2 is 1.67 bits per heavy atom. The number of nitrogens with zero attached hydrogens (tertiary/aromatic N) is 1. The second kappa shape index (κ2) is 7.14. The van der Waals surface area contributed by atoms with Gasteiger partial charge in [0.1, 0.15) is 0 Å². The molecule has 0 bridgehead atoms. The third-order valence-corrected chi connectivity index (χ3v) is 3.64. The van der Waals surface area contributed by atoms with Crippen molar-refractivity contribution in [2.24, 2.45) is 17.6 Å². The van der Waals surface area contributed by atoms with Gasteiger partial charge in [0.15, 0.2) is 11.5 Å². The molecule has 4 heteroatoms. The van der Waals surface area contributed by atoms with Gasteiger partial charge in [-0.25, -0.2) is 0 Å². The quantitative estimate of drug-likeness (QED) is 0.839. The molecule has 1 aliphatic heterocycles. The van der Waals surface area contributed by atoms with Crippen molar-refractivity contribution in [3.05, 3.63) is 23.8 Å². The molecule has 2 N–H and O–H groups in total. The van der Waals surface area contributed by atoms with Gasteiger partial charge >= 0.3 is 0 Å². The largest absolute Gasteiger partial charge is 0.454 e. The molecule has 21 heavy (non-hydrogen) atoms. The monoisotopic (exact) mass is 292 g/mol. The molecule has 1 unspecified atom stereocenters. The zero-order chi connectivity index (χ0) is 15.4. The minimum absolute atomic E-state index is 0.226. The van der Waals surface area contributed by atoms with Crippen LogP contribution in [0.5, 0.6) is 11.5 Å². The Kier molecular flexibility index (Phi) is 5.48. The maximum Gasteiger partial charge on any atom is 0.231 e. The van der Waals surface area contributed by atoms with Crippen LogP contribution in [0.1, 0.15) is 39.3 Å². The average Bonchev–Trinajstić information content (AvgIpc) is 2.85. The fourth-order valence-electron chi connectivity index (χ4n) is 2.88. The summed E-state index contributed by atoms with van der Waals surface area (Å²) in [7, 11) is 0. The summed E-state index contributed by atoms with van der Waals surface area (Å²) in [5.74, 6) is 2.90. The molecule has 1 aromatic carbocycles. The molecule has 2 rings (SSSR count). The van der Waals surface area contributed by atoms with Crippen LogP contribution in [0.15, 0.2) is 18.2 Å². The number of hydrogen-bond acceptors (Lipinski definition) is 4. The summed E-state index contributed by atoms with van der Waals surface area (Å²) in [5.41, 5.74) is 7.30. The standard InChI is InChI=1S/C17H28N2O2/c1-12(2)9-19(10-13(3)4)15(8-18)14-5-6-16-17(7-14)21-11-20-16/h5-7,12-13,15H,8-11,18H2,1-4H3. The summed E-state index contributed by atoms with van der Waals surface area (Å²) in [6, 6.07) is 6.40. The first-order valence-electron chi connectivity index (χ1n) is 7.85. The Morgan fingerprint density at radius 3 is 2.24 bits per heavy atom. The molecule has 0 radical (unpaired) electrons. The smallest absolute Gasteiger partial charge is 0.231 e. The first-order chi connectivity index (χ1) is 10.0. The lowest BCUT2D eigenvalue weighted by atomic mass is 10.0. The molecular formula is C17H28N2O2. The van der Waals surface area contributed by atoms with Crippen LogP contribution in [-0.4, -0.2) is 31.3 Å². The first-order valence-corrected chi connectivity index (χ1v) is 7.85. The van der Waals surface area contributed by atoms with Crippen molar-refractivity contribution in [3.8, 4) is 11.5 Å². The Bertz CT molecular complexity index is 450. The molecule has 1 aromatic rings. The van der Waals surface area contributed by atoms with Crippen LogP contribution in [0.3, 0.4) is 0 Å². The van der Waals surface area contributed by atoms with Crippen LogP contribution in [0.2, 0.25) is 0 Å². The van der Waals surface area contributed by atoms with Gasteiger partial charge in [-0.2, -0.15) is 0 Å². The molecule has 0 spiro atoms. The zero-order valence-electron chi connectivity index (χ0n) is 13.6. The molecule has 0 aliphatic carbocycles. The van der Waals surface area contributed by atoms with E-state index in [4.69, 9.17) is 15.2 Å². The molecule has 118 valence electrons. The van der Waals surface area contributed by atoms with Gasteiger partial charge in [0.2, 0.25) is 6.79 Å². The highest BCUT2D eigenvalue weighted by Gasteiger charge is 2.23. The Morgan fingerprint density at radius 1 is 1.05 bits per heavy atom. The number of fused-ring (bicyclic) bond motifs is 1. The fraction of sp³-hybridized carbons (Fsp3) is 0.647. The predicted octanol–water partition coefficient (Wildman–Crippen LogP) is 3.03. The maximum absolute atomic E-state index is 6.09. The first kappa shape index (κ1) is 16.1. The Hall–Kier alpha value is -1.26. The van der Waals surface area contributed by atoms with Crippen LogP contribution in [0.4, 0.5) is 0 Å². The molecule has 1 aliphatic rings. The number of nitrogens with two attached hydrogens (primary N) is 1. The molecular weight excluding hydrogens is 264 g/mol. The van der Waals surface area contributed by atoms with Gasteiger partial charge in [0.05, 0.1) is 0 Å². The van der Waals surface area contributed by atoms with Gasteiger partial charge in [-0.05, 0) is 29.5 Å². The normalized spacial score (nSPS) is 15.2. The summed E-state index contributed by atoms with van der Waals surface area (Å²) in [4.78, 5) is 2.49. The summed E-state index contributed by atoms with van der Waals surface area (Å²) >= 11 is 0. The molecule has 0 fully saturated rings. The van der Waals surface area contributed by atoms with E-state index in [9.17, 15) is 0 Å². The van der Waals surface area contributed by atoms with Crippen molar-refractivity contribution in [1.82, 2.24) is 4.90 Å². The second-order valence-corrected chi connectivity index (χ2v) is 6.61. The van der Waals surface area contributed by atoms with Crippen LogP contribution in [0, 0.1) is 11.8 Å². The SMILES string of the molecule is CC(C)CN(CC(C)C)C(CN)c1ccc2c(c1)OCO2. The van der Waals surface area contributed by atoms with Gasteiger partial charge in [0, 0.05) is 25.7 Å². The molecule has 0 saturated carbocycles. The van der Waals surface area contributed by atoms with E-state index in [2.05, 4.69) is 44.7 Å². The third kappa shape index (κ3) is 4.11. The van der Waals surface area contributed by atoms with Crippen molar-refractivity contribution < 1.29 is 9.47 Å². The molecule has 1 atom stereocenters. The van der Waals surface area contributed by atoms with E-state index in [0.717, 1.165) is 24.6 Å². The van der Waals surface area contributed by atoms with Crippen molar-refractivity contribution in [1.29, 1.82) is 0 Å². The Balaban J connectivity index is 2.22.